The fourth-order valence-electron chi connectivity index (χ4n) is 7.97. The van der Waals surface area contributed by atoms with Gasteiger partial charge in [0.1, 0.15) is 11.6 Å². The number of para-hydroxylation sites is 1. The molecule has 1 unspecified atom stereocenters. The van der Waals surface area contributed by atoms with E-state index in [4.69, 9.17) is 4.74 Å². The summed E-state index contributed by atoms with van der Waals surface area (Å²) in [5, 5.41) is 9.46. The maximum absolute atomic E-state index is 14.5. The number of carbonyl (C=O) groups excluding carboxylic acids is 3. The highest BCUT2D eigenvalue weighted by Crippen LogP contribution is 2.58. The first-order valence-corrected chi connectivity index (χ1v) is 15.1. The molecule has 0 radical (unpaired) electrons. The molecule has 5 aliphatic rings. The number of rotatable bonds is 7. The van der Waals surface area contributed by atoms with E-state index in [0.29, 0.717) is 38.9 Å². The van der Waals surface area contributed by atoms with Gasteiger partial charge in [-0.3, -0.25) is 14.4 Å². The Labute approximate surface area is 236 Å². The van der Waals surface area contributed by atoms with E-state index in [0.717, 1.165) is 31.4 Å². The van der Waals surface area contributed by atoms with Crippen LogP contribution in [0.1, 0.15) is 58.3 Å². The molecular formula is C32H41N3O5. The molecule has 1 aliphatic carbocycles. The van der Waals surface area contributed by atoms with Crippen LogP contribution in [-0.4, -0.2) is 82.2 Å². The Morgan fingerprint density at radius 3 is 2.38 bits per heavy atom. The zero-order valence-electron chi connectivity index (χ0n) is 23.4. The number of hydrogen-bond donors (Lipinski definition) is 1. The van der Waals surface area contributed by atoms with E-state index in [1.54, 1.807) is 9.80 Å². The lowest BCUT2D eigenvalue weighted by molar-refractivity contribution is -0.154. The molecule has 3 fully saturated rings. The lowest BCUT2D eigenvalue weighted by Gasteiger charge is -2.40. The monoisotopic (exact) mass is 547 g/mol. The largest absolute Gasteiger partial charge is 0.396 e. The summed E-state index contributed by atoms with van der Waals surface area (Å²) < 4.78 is 7.06. The average molecular weight is 548 g/mol. The molecule has 3 amide bonds. The molecule has 1 spiro atoms. The third-order valence-corrected chi connectivity index (χ3v) is 9.86. The van der Waals surface area contributed by atoms with Gasteiger partial charge < -0.3 is 24.5 Å². The molecule has 214 valence electrons. The smallest absolute Gasteiger partial charge is 0.249 e. The lowest BCUT2D eigenvalue weighted by Crippen LogP contribution is -2.57. The number of likely N-dealkylation sites (tertiary alicyclic amines) is 1. The van der Waals surface area contributed by atoms with Crippen LogP contribution in [0.3, 0.4) is 0 Å². The molecule has 5 atom stereocenters. The Kier molecular flexibility index (Phi) is 7.34. The molecule has 4 heterocycles. The predicted molar refractivity (Wildman–Crippen MR) is 151 cm³/mol. The molecule has 4 aliphatic heterocycles. The van der Waals surface area contributed by atoms with E-state index in [1.165, 1.54) is 6.42 Å². The minimum Gasteiger partial charge on any atom is -0.396 e. The molecule has 0 aromatic heterocycles. The van der Waals surface area contributed by atoms with E-state index < -0.39 is 29.1 Å². The molecular weight excluding hydrogens is 506 g/mol. The zero-order chi connectivity index (χ0) is 27.9. The van der Waals surface area contributed by atoms with Gasteiger partial charge in [-0.25, -0.2) is 0 Å². The summed E-state index contributed by atoms with van der Waals surface area (Å²) in [5.74, 6) is -1.97. The molecule has 1 N–H and O–H groups in total. The highest BCUT2D eigenvalue weighted by Gasteiger charge is 2.75. The second-order valence-electron chi connectivity index (χ2n) is 12.0. The van der Waals surface area contributed by atoms with Gasteiger partial charge in [-0.05, 0) is 44.2 Å². The van der Waals surface area contributed by atoms with Crippen LogP contribution in [0, 0.1) is 11.8 Å². The van der Waals surface area contributed by atoms with Crippen molar-refractivity contribution in [1.29, 1.82) is 0 Å². The van der Waals surface area contributed by atoms with E-state index in [-0.39, 0.29) is 30.4 Å². The van der Waals surface area contributed by atoms with Gasteiger partial charge in [-0.15, -0.1) is 0 Å². The Bertz CT molecular complexity index is 1190. The number of fused-ring (bicyclic) bond motifs is 2. The molecule has 1 aromatic carbocycles. The lowest BCUT2D eigenvalue weighted by atomic mass is 9.73. The molecule has 1 aromatic rings. The molecule has 1 saturated carbocycles. The summed E-state index contributed by atoms with van der Waals surface area (Å²) in [6.07, 6.45) is 14.9. The van der Waals surface area contributed by atoms with Crippen LogP contribution in [0.15, 0.2) is 54.6 Å². The fraction of sp³-hybridized carbons (Fsp3) is 0.594. The summed E-state index contributed by atoms with van der Waals surface area (Å²) in [6, 6.07) is 8.87. The van der Waals surface area contributed by atoms with Crippen molar-refractivity contribution in [2.75, 3.05) is 31.1 Å². The number of nitrogens with zero attached hydrogens (tertiary/aromatic N) is 3. The Morgan fingerprint density at radius 1 is 0.900 bits per heavy atom. The molecule has 6 rings (SSSR count). The van der Waals surface area contributed by atoms with Crippen molar-refractivity contribution in [2.24, 2.45) is 11.8 Å². The van der Waals surface area contributed by atoms with Crippen LogP contribution in [0.25, 0.3) is 0 Å². The number of amides is 3. The van der Waals surface area contributed by atoms with Crippen molar-refractivity contribution in [3.8, 4) is 0 Å². The number of ether oxygens (including phenoxy) is 1. The average Bonchev–Trinajstić information content (AvgIpc) is 3.26. The third-order valence-electron chi connectivity index (χ3n) is 9.86. The minimum absolute atomic E-state index is 0.0245. The minimum atomic E-state index is -1.23. The number of hydrogen-bond acceptors (Lipinski definition) is 5. The molecule has 2 saturated heterocycles. The third kappa shape index (κ3) is 4.14. The van der Waals surface area contributed by atoms with E-state index in [9.17, 15) is 19.5 Å². The number of aliphatic hydroxyl groups excluding tert-OH is 1. The van der Waals surface area contributed by atoms with Crippen LogP contribution in [0.5, 0.6) is 0 Å². The number of anilines is 1. The van der Waals surface area contributed by atoms with Crippen LogP contribution in [0.4, 0.5) is 5.69 Å². The van der Waals surface area contributed by atoms with Crippen molar-refractivity contribution in [2.45, 2.75) is 81.6 Å². The van der Waals surface area contributed by atoms with E-state index in [2.05, 4.69) is 0 Å². The van der Waals surface area contributed by atoms with Crippen LogP contribution in [0.2, 0.25) is 0 Å². The highest BCUT2D eigenvalue weighted by atomic mass is 16.5. The second-order valence-corrected chi connectivity index (χ2v) is 12.0. The van der Waals surface area contributed by atoms with Gasteiger partial charge in [-0.1, -0.05) is 68.7 Å². The Balaban J connectivity index is 1.45. The quantitative estimate of drug-likeness (QED) is 0.417. The number of benzene rings is 1. The first-order chi connectivity index (χ1) is 19.5. The predicted octanol–water partition coefficient (Wildman–Crippen LogP) is 3.45. The summed E-state index contributed by atoms with van der Waals surface area (Å²) in [7, 11) is 0. The van der Waals surface area contributed by atoms with Crippen molar-refractivity contribution >= 4 is 23.4 Å². The summed E-state index contributed by atoms with van der Waals surface area (Å²) in [5.41, 5.74) is -1.43. The molecule has 40 heavy (non-hydrogen) atoms. The van der Waals surface area contributed by atoms with Crippen LogP contribution in [-0.2, 0) is 19.1 Å². The van der Waals surface area contributed by atoms with E-state index >= 15 is 0 Å². The van der Waals surface area contributed by atoms with Gasteiger partial charge in [0.15, 0.2) is 0 Å². The first-order valence-electron chi connectivity index (χ1n) is 15.1. The topological polar surface area (TPSA) is 90.4 Å². The summed E-state index contributed by atoms with van der Waals surface area (Å²) in [6.45, 7) is 3.25. The zero-order valence-corrected chi connectivity index (χ0v) is 23.4. The summed E-state index contributed by atoms with van der Waals surface area (Å²) >= 11 is 0. The van der Waals surface area contributed by atoms with Gasteiger partial charge >= 0.3 is 0 Å². The summed E-state index contributed by atoms with van der Waals surface area (Å²) in [4.78, 5) is 48.9. The van der Waals surface area contributed by atoms with Crippen molar-refractivity contribution in [3.05, 3.63) is 54.6 Å². The Hall–Kier alpha value is -2.97. The van der Waals surface area contributed by atoms with Crippen molar-refractivity contribution in [3.63, 3.8) is 0 Å². The van der Waals surface area contributed by atoms with Crippen molar-refractivity contribution < 1.29 is 24.2 Å². The first kappa shape index (κ1) is 27.2. The normalized spacial score (nSPS) is 34.1. The maximum atomic E-state index is 14.5. The number of carbonyl (C=O) groups is 3. The van der Waals surface area contributed by atoms with Gasteiger partial charge in [-0.2, -0.15) is 0 Å². The molecule has 8 nitrogen and oxygen atoms in total. The van der Waals surface area contributed by atoms with Crippen molar-refractivity contribution in [1.82, 2.24) is 9.80 Å². The van der Waals surface area contributed by atoms with Crippen LogP contribution < -0.4 is 4.90 Å². The van der Waals surface area contributed by atoms with E-state index in [1.807, 2.05) is 66.5 Å². The molecule has 8 heteroatoms. The highest BCUT2D eigenvalue weighted by molar-refractivity contribution is 6.04. The van der Waals surface area contributed by atoms with Gasteiger partial charge in [0.25, 0.3) is 0 Å². The van der Waals surface area contributed by atoms with Gasteiger partial charge in [0.05, 0.1) is 17.4 Å². The maximum Gasteiger partial charge on any atom is 0.249 e. The Morgan fingerprint density at radius 2 is 1.65 bits per heavy atom. The fourth-order valence-corrected chi connectivity index (χ4v) is 7.97. The standard InChI is InChI=1S/C32H41N3O5/c1-2-31-17-11-20-33(23-13-5-3-6-14-23)28(37)25(31)26-29(38)35(19-9-10-22-36)27-30(39)34(24-15-7-4-8-16-24)21-12-18-32(26,27)40-31/h3,5-6,11-14,17-18,24-27,36H,2,4,7-10,15-16,19-22H2,1H3/t25-,26+,27?,31+,32+/m1/s1. The van der Waals surface area contributed by atoms with Gasteiger partial charge in [0, 0.05) is 38.0 Å². The SMILES string of the molecule is CC[C@]12C=CCN(c3ccccc3)C(=O)[C@H]1[C@H]1C(=O)N(CCCCO)C3C(=O)N(C4CCCCC4)CC=C[C@@]31O2. The van der Waals surface area contributed by atoms with Gasteiger partial charge in [0.2, 0.25) is 17.7 Å². The number of aliphatic hydroxyl groups is 1. The number of unbranched alkanes of at least 4 members (excludes halogenated alkanes) is 1. The van der Waals surface area contributed by atoms with Crippen LogP contribution >= 0.6 is 0 Å². The molecule has 0 bridgehead atoms. The second kappa shape index (κ2) is 10.8.